The topological polar surface area (TPSA) is 63.6 Å². The van der Waals surface area contributed by atoms with Crippen molar-refractivity contribution in [2.45, 2.75) is 4.90 Å². The highest BCUT2D eigenvalue weighted by Gasteiger charge is 2.19. The van der Waals surface area contributed by atoms with Crippen LogP contribution in [-0.2, 0) is 10.1 Å². The highest BCUT2D eigenvalue weighted by Crippen LogP contribution is 2.30. The molecule has 0 bridgehead atoms. The summed E-state index contributed by atoms with van der Waals surface area (Å²) in [6, 6.07) is 16.1. The third-order valence-electron chi connectivity index (χ3n) is 3.16. The molecule has 3 rings (SSSR count). The molecular formula is C16H11ClO4S. The first-order valence-electron chi connectivity index (χ1n) is 6.38. The van der Waals surface area contributed by atoms with Gasteiger partial charge in [0, 0.05) is 5.39 Å². The zero-order valence-corrected chi connectivity index (χ0v) is 12.8. The fraction of sp³-hybridized carbons (Fsp3) is 0. The molecule has 0 saturated carbocycles. The molecule has 0 aliphatic rings. The van der Waals surface area contributed by atoms with Gasteiger partial charge in [0.05, 0.1) is 5.02 Å². The fourth-order valence-corrected chi connectivity index (χ4v) is 3.30. The van der Waals surface area contributed by atoms with Gasteiger partial charge in [0.1, 0.15) is 10.6 Å². The van der Waals surface area contributed by atoms with Gasteiger partial charge >= 0.3 is 10.1 Å². The van der Waals surface area contributed by atoms with Crippen LogP contribution in [0.1, 0.15) is 0 Å². The van der Waals surface area contributed by atoms with Crippen molar-refractivity contribution in [1.29, 1.82) is 0 Å². The molecule has 112 valence electrons. The Labute approximate surface area is 132 Å². The van der Waals surface area contributed by atoms with E-state index >= 15 is 0 Å². The minimum Gasteiger partial charge on any atom is -0.506 e. The summed E-state index contributed by atoms with van der Waals surface area (Å²) in [5.74, 6) is 0.0491. The fourth-order valence-electron chi connectivity index (χ4n) is 2.08. The molecule has 1 N–H and O–H groups in total. The van der Waals surface area contributed by atoms with Crippen molar-refractivity contribution < 1.29 is 17.7 Å². The van der Waals surface area contributed by atoms with Gasteiger partial charge in [-0.15, -0.1) is 0 Å². The van der Waals surface area contributed by atoms with Crippen LogP contribution in [0.2, 0.25) is 5.02 Å². The number of fused-ring (bicyclic) bond motifs is 1. The van der Waals surface area contributed by atoms with E-state index in [1.54, 1.807) is 24.3 Å². The third kappa shape index (κ3) is 2.73. The van der Waals surface area contributed by atoms with E-state index in [2.05, 4.69) is 0 Å². The molecule has 0 aliphatic heterocycles. The first kappa shape index (κ1) is 14.7. The molecule has 0 atom stereocenters. The highest BCUT2D eigenvalue weighted by atomic mass is 35.5. The van der Waals surface area contributed by atoms with Gasteiger partial charge in [0.25, 0.3) is 0 Å². The minimum absolute atomic E-state index is 0.0532. The smallest absolute Gasteiger partial charge is 0.339 e. The summed E-state index contributed by atoms with van der Waals surface area (Å²) in [6.07, 6.45) is 0. The van der Waals surface area contributed by atoms with Gasteiger partial charge in [-0.3, -0.25) is 0 Å². The van der Waals surface area contributed by atoms with Crippen molar-refractivity contribution in [1.82, 2.24) is 0 Å². The third-order valence-corrected chi connectivity index (χ3v) is 4.69. The number of phenolic OH excluding ortho intramolecular Hbond substituents is 1. The molecule has 0 aromatic heterocycles. The van der Waals surface area contributed by atoms with Crippen molar-refractivity contribution in [3.8, 4) is 11.5 Å². The maximum absolute atomic E-state index is 12.3. The summed E-state index contributed by atoms with van der Waals surface area (Å²) in [7, 11) is -4.04. The molecule has 0 unspecified atom stereocenters. The molecule has 0 saturated heterocycles. The summed E-state index contributed by atoms with van der Waals surface area (Å²) in [6.45, 7) is 0. The Hall–Kier alpha value is -2.24. The van der Waals surface area contributed by atoms with Gasteiger partial charge < -0.3 is 9.29 Å². The molecule has 0 heterocycles. The first-order valence-corrected chi connectivity index (χ1v) is 8.17. The monoisotopic (exact) mass is 334 g/mol. The number of phenols is 1. The van der Waals surface area contributed by atoms with Gasteiger partial charge in [-0.1, -0.05) is 48.0 Å². The van der Waals surface area contributed by atoms with Crippen LogP contribution in [0.25, 0.3) is 10.8 Å². The molecule has 0 aliphatic carbocycles. The van der Waals surface area contributed by atoms with Crippen LogP contribution in [0.3, 0.4) is 0 Å². The van der Waals surface area contributed by atoms with Crippen molar-refractivity contribution >= 4 is 32.5 Å². The predicted molar refractivity (Wildman–Crippen MR) is 84.9 cm³/mol. The second-order valence-electron chi connectivity index (χ2n) is 4.63. The summed E-state index contributed by atoms with van der Waals surface area (Å²) >= 11 is 5.75. The lowest BCUT2D eigenvalue weighted by Gasteiger charge is -2.10. The van der Waals surface area contributed by atoms with E-state index in [4.69, 9.17) is 15.8 Å². The van der Waals surface area contributed by atoms with Crippen LogP contribution >= 0.6 is 11.6 Å². The average molecular weight is 335 g/mol. The summed E-state index contributed by atoms with van der Waals surface area (Å²) < 4.78 is 29.9. The summed E-state index contributed by atoms with van der Waals surface area (Å²) in [5.41, 5.74) is 0. The number of rotatable bonds is 3. The quantitative estimate of drug-likeness (QED) is 0.736. The highest BCUT2D eigenvalue weighted by molar-refractivity contribution is 7.87. The number of hydrogen-bond acceptors (Lipinski definition) is 4. The molecule has 0 amide bonds. The van der Waals surface area contributed by atoms with Crippen LogP contribution in [0, 0.1) is 0 Å². The molecule has 3 aromatic rings. The van der Waals surface area contributed by atoms with E-state index in [0.717, 1.165) is 11.5 Å². The second kappa shape index (κ2) is 5.51. The molecule has 0 spiro atoms. The molecular weight excluding hydrogens is 324 g/mol. The Morgan fingerprint density at radius 2 is 1.68 bits per heavy atom. The van der Waals surface area contributed by atoms with Gasteiger partial charge in [-0.25, -0.2) is 0 Å². The van der Waals surface area contributed by atoms with Gasteiger partial charge in [-0.2, -0.15) is 8.42 Å². The number of hydrogen-bond donors (Lipinski definition) is 1. The molecule has 0 fully saturated rings. The van der Waals surface area contributed by atoms with Crippen molar-refractivity contribution in [3.63, 3.8) is 0 Å². The molecule has 0 radical (unpaired) electrons. The lowest BCUT2D eigenvalue weighted by atomic mass is 10.1. The van der Waals surface area contributed by atoms with Gasteiger partial charge in [-0.05, 0) is 29.7 Å². The maximum atomic E-state index is 12.3. The largest absolute Gasteiger partial charge is 0.506 e. The maximum Gasteiger partial charge on any atom is 0.339 e. The minimum atomic E-state index is -4.04. The van der Waals surface area contributed by atoms with Crippen LogP contribution in [-0.4, -0.2) is 13.5 Å². The Morgan fingerprint density at radius 3 is 2.45 bits per heavy atom. The predicted octanol–water partition coefficient (Wildman–Crippen LogP) is 3.97. The van der Waals surface area contributed by atoms with Crippen LogP contribution in [0.4, 0.5) is 0 Å². The average Bonchev–Trinajstić information content (AvgIpc) is 2.50. The summed E-state index contributed by atoms with van der Waals surface area (Å²) in [4.78, 5) is -0.122. The first-order chi connectivity index (χ1) is 10.5. The second-order valence-corrected chi connectivity index (χ2v) is 6.58. The Morgan fingerprint density at radius 1 is 0.955 bits per heavy atom. The zero-order valence-electron chi connectivity index (χ0n) is 11.2. The zero-order chi connectivity index (χ0) is 15.7. The number of aromatic hydroxyl groups is 1. The molecule has 4 nitrogen and oxygen atoms in total. The van der Waals surface area contributed by atoms with E-state index in [1.807, 2.05) is 18.2 Å². The Kier molecular flexibility index (Phi) is 3.68. The number of halogens is 1. The summed E-state index contributed by atoms with van der Waals surface area (Å²) in [5, 5.41) is 10.9. The Balaban J connectivity index is 2.05. The van der Waals surface area contributed by atoms with E-state index in [0.29, 0.717) is 5.39 Å². The molecule has 22 heavy (non-hydrogen) atoms. The standard InChI is InChI=1S/C16H11ClO4S/c17-14-10-12(8-9-15(14)18)22(19,20)21-16-7-3-5-11-4-1-2-6-13(11)16/h1-10,18H. The van der Waals surface area contributed by atoms with Gasteiger partial charge in [0.15, 0.2) is 5.75 Å². The van der Waals surface area contributed by atoms with E-state index < -0.39 is 10.1 Å². The van der Waals surface area contributed by atoms with Crippen molar-refractivity contribution in [2.24, 2.45) is 0 Å². The lowest BCUT2D eigenvalue weighted by molar-refractivity contribution is 0.473. The van der Waals surface area contributed by atoms with Crippen LogP contribution in [0.5, 0.6) is 11.5 Å². The van der Waals surface area contributed by atoms with Crippen molar-refractivity contribution in [2.75, 3.05) is 0 Å². The molecule has 3 aromatic carbocycles. The lowest BCUT2D eigenvalue weighted by Crippen LogP contribution is -2.09. The van der Waals surface area contributed by atoms with E-state index in [-0.39, 0.29) is 21.4 Å². The number of benzene rings is 3. The normalized spacial score (nSPS) is 11.5. The van der Waals surface area contributed by atoms with Gasteiger partial charge in [0.2, 0.25) is 0 Å². The van der Waals surface area contributed by atoms with E-state index in [1.165, 1.54) is 12.1 Å². The Bertz CT molecular complexity index is 946. The SMILES string of the molecule is O=S(=O)(Oc1cccc2ccccc12)c1ccc(O)c(Cl)c1. The van der Waals surface area contributed by atoms with E-state index in [9.17, 15) is 13.5 Å². The molecule has 6 heteroatoms. The van der Waals surface area contributed by atoms with Crippen LogP contribution in [0.15, 0.2) is 65.6 Å². The van der Waals surface area contributed by atoms with Crippen molar-refractivity contribution in [3.05, 3.63) is 65.7 Å². The van der Waals surface area contributed by atoms with Crippen LogP contribution < -0.4 is 4.18 Å².